The molecule has 2 rings (SSSR count). The highest BCUT2D eigenvalue weighted by molar-refractivity contribution is 8.26. The lowest BCUT2D eigenvalue weighted by molar-refractivity contribution is -0.146. The molecule has 5 nitrogen and oxygen atoms in total. The Labute approximate surface area is 139 Å². The first-order chi connectivity index (χ1) is 10.4. The van der Waals surface area contributed by atoms with Crippen molar-refractivity contribution >= 4 is 57.9 Å². The molecule has 1 heterocycles. The van der Waals surface area contributed by atoms with E-state index in [1.54, 1.807) is 0 Å². The van der Waals surface area contributed by atoms with Gasteiger partial charge in [-0.15, -0.1) is 0 Å². The molecule has 0 bridgehead atoms. The fourth-order valence-electron chi connectivity index (χ4n) is 1.80. The Morgan fingerprint density at radius 1 is 1.55 bits per heavy atom. The number of hydrogen-bond acceptors (Lipinski definition) is 5. The number of aliphatic hydroxyl groups excluding tert-OH is 1. The molecule has 1 aliphatic rings. The molecule has 1 saturated heterocycles. The van der Waals surface area contributed by atoms with Crippen LogP contribution in [0.5, 0.6) is 0 Å². The first-order valence-electron chi connectivity index (χ1n) is 5.91. The molecule has 0 aliphatic carbocycles. The SMILES string of the molecule is O=C(O)C(CO)N1C(=O)/C(=C/c2c(F)cccc2Cl)SC1=S. The lowest BCUT2D eigenvalue weighted by Gasteiger charge is -2.20. The molecule has 1 fully saturated rings. The van der Waals surface area contributed by atoms with Crippen molar-refractivity contribution in [3.8, 4) is 0 Å². The van der Waals surface area contributed by atoms with Gasteiger partial charge in [-0.2, -0.15) is 0 Å². The molecule has 1 unspecified atom stereocenters. The van der Waals surface area contributed by atoms with Crippen LogP contribution >= 0.6 is 35.6 Å². The predicted molar refractivity (Wildman–Crippen MR) is 84.9 cm³/mol. The maximum absolute atomic E-state index is 13.7. The third-order valence-electron chi connectivity index (χ3n) is 2.87. The number of aliphatic carboxylic acids is 1. The minimum absolute atomic E-state index is 0.0144. The Kier molecular flexibility index (Phi) is 5.17. The highest BCUT2D eigenvalue weighted by Gasteiger charge is 2.40. The molecule has 1 aliphatic heterocycles. The summed E-state index contributed by atoms with van der Waals surface area (Å²) < 4.78 is 13.7. The fourth-order valence-corrected chi connectivity index (χ4v) is 3.35. The summed E-state index contributed by atoms with van der Waals surface area (Å²) in [6.07, 6.45) is 1.22. The van der Waals surface area contributed by atoms with Crippen LogP contribution in [0.15, 0.2) is 23.1 Å². The maximum atomic E-state index is 13.7. The summed E-state index contributed by atoms with van der Waals surface area (Å²) in [5, 5.41) is 18.2. The Balaban J connectivity index is 2.40. The molecular formula is C13H9ClFNO4S2. The number of carbonyl (C=O) groups is 2. The first-order valence-corrected chi connectivity index (χ1v) is 7.51. The van der Waals surface area contributed by atoms with Gasteiger partial charge in [0.25, 0.3) is 5.91 Å². The summed E-state index contributed by atoms with van der Waals surface area (Å²) in [5.41, 5.74) is 0.0144. The van der Waals surface area contributed by atoms with Crippen molar-refractivity contribution in [1.29, 1.82) is 0 Å². The lowest BCUT2D eigenvalue weighted by Crippen LogP contribution is -2.46. The quantitative estimate of drug-likeness (QED) is 0.632. The van der Waals surface area contributed by atoms with Gasteiger partial charge in [0.1, 0.15) is 10.1 Å². The molecule has 9 heteroatoms. The molecule has 0 spiro atoms. The minimum atomic E-state index is -1.48. The second-order valence-electron chi connectivity index (χ2n) is 4.22. The molecular weight excluding hydrogens is 353 g/mol. The van der Waals surface area contributed by atoms with E-state index in [0.29, 0.717) is 0 Å². The monoisotopic (exact) mass is 361 g/mol. The zero-order valence-corrected chi connectivity index (χ0v) is 13.2. The normalized spacial score (nSPS) is 18.1. The average Bonchev–Trinajstić information content (AvgIpc) is 2.71. The smallest absolute Gasteiger partial charge is 0.329 e. The number of thioether (sulfide) groups is 1. The van der Waals surface area contributed by atoms with Crippen molar-refractivity contribution in [2.45, 2.75) is 6.04 Å². The van der Waals surface area contributed by atoms with E-state index in [4.69, 9.17) is 34.0 Å². The van der Waals surface area contributed by atoms with Gasteiger partial charge in [-0.3, -0.25) is 9.69 Å². The van der Waals surface area contributed by atoms with Crippen molar-refractivity contribution in [2.75, 3.05) is 6.61 Å². The van der Waals surface area contributed by atoms with Crippen molar-refractivity contribution < 1.29 is 24.2 Å². The van der Waals surface area contributed by atoms with Crippen LogP contribution in [0.3, 0.4) is 0 Å². The van der Waals surface area contributed by atoms with Crippen LogP contribution in [0, 0.1) is 5.82 Å². The summed E-state index contributed by atoms with van der Waals surface area (Å²) in [6.45, 7) is -0.782. The van der Waals surface area contributed by atoms with Gasteiger partial charge < -0.3 is 10.2 Å². The Morgan fingerprint density at radius 2 is 2.23 bits per heavy atom. The van der Waals surface area contributed by atoms with E-state index < -0.39 is 30.3 Å². The lowest BCUT2D eigenvalue weighted by atomic mass is 10.2. The number of rotatable bonds is 4. The maximum Gasteiger partial charge on any atom is 0.329 e. The number of aliphatic hydroxyl groups is 1. The van der Waals surface area contributed by atoms with E-state index in [1.807, 2.05) is 0 Å². The van der Waals surface area contributed by atoms with Crippen molar-refractivity contribution in [3.63, 3.8) is 0 Å². The fraction of sp³-hybridized carbons (Fsp3) is 0.154. The van der Waals surface area contributed by atoms with Gasteiger partial charge in [0, 0.05) is 5.56 Å². The number of carboxylic acids is 1. The Hall–Kier alpha value is -1.48. The van der Waals surface area contributed by atoms with E-state index in [1.165, 1.54) is 24.3 Å². The number of benzene rings is 1. The van der Waals surface area contributed by atoms with Crippen molar-refractivity contribution in [3.05, 3.63) is 39.5 Å². The molecule has 0 radical (unpaired) electrons. The van der Waals surface area contributed by atoms with Crippen molar-refractivity contribution in [1.82, 2.24) is 4.90 Å². The molecule has 2 N–H and O–H groups in total. The zero-order valence-electron chi connectivity index (χ0n) is 10.8. The van der Waals surface area contributed by atoms with Gasteiger partial charge in [0.2, 0.25) is 0 Å². The second kappa shape index (κ2) is 6.74. The Bertz CT molecular complexity index is 674. The highest BCUT2D eigenvalue weighted by atomic mass is 35.5. The van der Waals surface area contributed by atoms with Gasteiger partial charge in [-0.1, -0.05) is 41.6 Å². The highest BCUT2D eigenvalue weighted by Crippen LogP contribution is 2.35. The van der Waals surface area contributed by atoms with Crippen LogP contribution in [0.2, 0.25) is 5.02 Å². The van der Waals surface area contributed by atoms with E-state index >= 15 is 0 Å². The predicted octanol–water partition coefficient (Wildman–Crippen LogP) is 2.13. The first kappa shape index (κ1) is 16.9. The van der Waals surface area contributed by atoms with E-state index in [2.05, 4.69) is 0 Å². The number of hydrogen-bond donors (Lipinski definition) is 2. The van der Waals surface area contributed by atoms with Crippen LogP contribution in [0.1, 0.15) is 5.56 Å². The Morgan fingerprint density at radius 3 is 2.77 bits per heavy atom. The van der Waals surface area contributed by atoms with Crippen LogP contribution in [-0.2, 0) is 9.59 Å². The topological polar surface area (TPSA) is 77.8 Å². The van der Waals surface area contributed by atoms with Crippen LogP contribution in [0.4, 0.5) is 4.39 Å². The molecule has 22 heavy (non-hydrogen) atoms. The second-order valence-corrected chi connectivity index (χ2v) is 6.31. The number of carboxylic acid groups (broad SMARTS) is 1. The van der Waals surface area contributed by atoms with E-state index in [-0.39, 0.29) is 19.8 Å². The third-order valence-corrected chi connectivity index (χ3v) is 4.53. The zero-order chi connectivity index (χ0) is 16.4. The molecule has 1 aromatic rings. The molecule has 1 atom stereocenters. The van der Waals surface area contributed by atoms with Crippen molar-refractivity contribution in [2.24, 2.45) is 0 Å². The number of amides is 1. The number of thiocarbonyl (C=S) groups is 1. The molecule has 1 aromatic carbocycles. The number of halogens is 2. The number of carbonyl (C=O) groups excluding carboxylic acids is 1. The molecule has 0 aromatic heterocycles. The van der Waals surface area contributed by atoms with Crippen LogP contribution in [0.25, 0.3) is 6.08 Å². The summed E-state index contributed by atoms with van der Waals surface area (Å²) in [4.78, 5) is 24.1. The average molecular weight is 362 g/mol. The minimum Gasteiger partial charge on any atom is -0.480 e. The summed E-state index contributed by atoms with van der Waals surface area (Å²) in [7, 11) is 0. The standard InChI is InChI=1S/C13H9ClFNO4S2/c14-7-2-1-3-8(15)6(7)4-10-11(18)16(13(21)22-10)9(5-17)12(19)20/h1-4,9,17H,5H2,(H,19,20)/b10-4-. The summed E-state index contributed by atoms with van der Waals surface area (Å²) in [5.74, 6) is -2.71. The largest absolute Gasteiger partial charge is 0.480 e. The van der Waals surface area contributed by atoms with Gasteiger partial charge >= 0.3 is 5.97 Å². The summed E-state index contributed by atoms with van der Waals surface area (Å²) in [6, 6.07) is 2.60. The number of nitrogens with zero attached hydrogens (tertiary/aromatic N) is 1. The van der Waals surface area contributed by atoms with Gasteiger partial charge in [-0.25, -0.2) is 9.18 Å². The van der Waals surface area contributed by atoms with Gasteiger partial charge in [0.15, 0.2) is 6.04 Å². The van der Waals surface area contributed by atoms with Crippen LogP contribution < -0.4 is 0 Å². The van der Waals surface area contributed by atoms with E-state index in [9.17, 15) is 14.0 Å². The third kappa shape index (κ3) is 3.14. The van der Waals surface area contributed by atoms with Crippen LogP contribution in [-0.4, -0.2) is 44.0 Å². The molecule has 116 valence electrons. The molecule has 0 saturated carbocycles. The summed E-state index contributed by atoms with van der Waals surface area (Å²) >= 11 is 11.7. The van der Waals surface area contributed by atoms with E-state index in [0.717, 1.165) is 16.7 Å². The van der Waals surface area contributed by atoms with Gasteiger partial charge in [-0.05, 0) is 18.2 Å². The molecule has 1 amide bonds. The van der Waals surface area contributed by atoms with Gasteiger partial charge in [0.05, 0.1) is 16.5 Å².